The predicted molar refractivity (Wildman–Crippen MR) is 291 cm³/mol. The molecule has 0 saturated heterocycles. The monoisotopic (exact) mass is 896 g/mol. The molecule has 0 aliphatic carbocycles. The van der Waals surface area contributed by atoms with Crippen molar-refractivity contribution in [2.45, 2.75) is 27.7 Å². The molecule has 0 amide bonds. The van der Waals surface area contributed by atoms with Crippen LogP contribution < -0.4 is 0 Å². The normalized spacial score (nSPS) is 12.0. The number of hydrogen-bond donors (Lipinski definition) is 0. The summed E-state index contributed by atoms with van der Waals surface area (Å²) in [6, 6.07) is 69.2. The van der Waals surface area contributed by atoms with E-state index >= 15 is 0 Å². The molecule has 0 saturated carbocycles. The molecule has 5 heterocycles. The number of benzene rings is 9. The molecule has 0 bridgehead atoms. The number of pyridine rings is 1. The second-order valence-corrected chi connectivity index (χ2v) is 19.0. The van der Waals surface area contributed by atoms with Gasteiger partial charge >= 0.3 is 0 Å². The highest BCUT2D eigenvalue weighted by Gasteiger charge is 2.35. The van der Waals surface area contributed by atoms with Crippen molar-refractivity contribution in [3.05, 3.63) is 222 Å². The van der Waals surface area contributed by atoms with Gasteiger partial charge in [-0.1, -0.05) is 119 Å². The van der Waals surface area contributed by atoms with Crippen molar-refractivity contribution in [3.63, 3.8) is 0 Å². The zero-order valence-electron chi connectivity index (χ0n) is 39.2. The van der Waals surface area contributed by atoms with Gasteiger partial charge in [0.15, 0.2) is 0 Å². The van der Waals surface area contributed by atoms with Crippen molar-refractivity contribution in [2.75, 3.05) is 0 Å². The van der Waals surface area contributed by atoms with E-state index in [1.807, 2.05) is 12.4 Å². The first-order valence-electron chi connectivity index (χ1n) is 23.9. The highest BCUT2D eigenvalue weighted by Crippen LogP contribution is 2.52. The number of para-hydroxylation sites is 4. The van der Waals surface area contributed by atoms with Crippen molar-refractivity contribution in [2.24, 2.45) is 0 Å². The van der Waals surface area contributed by atoms with Gasteiger partial charge in [0.1, 0.15) is 11.6 Å². The molecule has 14 rings (SSSR count). The second kappa shape index (κ2) is 14.9. The number of nitriles is 1. The molecule has 14 aromatic rings. The van der Waals surface area contributed by atoms with Gasteiger partial charge in [-0.3, -0.25) is 4.98 Å². The third kappa shape index (κ3) is 5.52. The average molecular weight is 897 g/mol. The van der Waals surface area contributed by atoms with Crippen LogP contribution in [0.25, 0.3) is 121 Å². The molecule has 70 heavy (non-hydrogen) atoms. The summed E-state index contributed by atoms with van der Waals surface area (Å²) < 4.78 is 9.73. The number of rotatable bonds is 5. The van der Waals surface area contributed by atoms with Crippen molar-refractivity contribution in [3.8, 4) is 39.9 Å². The van der Waals surface area contributed by atoms with E-state index < -0.39 is 0 Å². The largest absolute Gasteiger partial charge is 0.307 e. The topological polar surface area (TPSA) is 56.4 Å². The summed E-state index contributed by atoms with van der Waals surface area (Å²) in [6.45, 7) is 8.65. The van der Waals surface area contributed by atoms with E-state index in [2.05, 4.69) is 239 Å². The molecule has 0 atom stereocenters. The molecule has 6 nitrogen and oxygen atoms in total. The first-order valence-corrected chi connectivity index (χ1v) is 23.9. The Morgan fingerprint density at radius 2 is 0.643 bits per heavy atom. The summed E-state index contributed by atoms with van der Waals surface area (Å²) in [5.74, 6) is 0. The van der Waals surface area contributed by atoms with E-state index in [0.717, 1.165) is 121 Å². The summed E-state index contributed by atoms with van der Waals surface area (Å²) in [5.41, 5.74) is 18.8. The number of nitrogens with zero attached hydrogens (tertiary/aromatic N) is 6. The van der Waals surface area contributed by atoms with Crippen LogP contribution in [0, 0.1) is 39.0 Å². The Hall–Kier alpha value is -9.18. The van der Waals surface area contributed by atoms with E-state index in [1.165, 1.54) is 22.3 Å². The summed E-state index contributed by atoms with van der Waals surface area (Å²) in [4.78, 5) is 4.63. The Balaban J connectivity index is 1.37. The maximum Gasteiger partial charge on any atom is 0.104 e. The minimum Gasteiger partial charge on any atom is -0.307 e. The van der Waals surface area contributed by atoms with Crippen molar-refractivity contribution < 1.29 is 0 Å². The highest BCUT2D eigenvalue weighted by atomic mass is 15.1. The summed E-state index contributed by atoms with van der Waals surface area (Å²) in [7, 11) is 0. The van der Waals surface area contributed by atoms with Crippen LogP contribution in [0.5, 0.6) is 0 Å². The Bertz CT molecular complexity index is 4590. The molecule has 0 N–H and O–H groups in total. The Morgan fingerprint density at radius 3 is 1.01 bits per heavy atom. The average Bonchev–Trinajstić information content (AvgIpc) is 4.10. The lowest BCUT2D eigenvalue weighted by Crippen LogP contribution is -2.16. The summed E-state index contributed by atoms with van der Waals surface area (Å²) in [5, 5.41) is 21.7. The van der Waals surface area contributed by atoms with Gasteiger partial charge in [0, 0.05) is 61.0 Å². The van der Waals surface area contributed by atoms with Crippen molar-refractivity contribution >= 4 is 87.2 Å². The molecular weight excluding hydrogens is 853 g/mol. The third-order valence-corrected chi connectivity index (χ3v) is 14.7. The lowest BCUT2D eigenvalue weighted by molar-refractivity contribution is 1.03. The second-order valence-electron chi connectivity index (χ2n) is 19.0. The lowest BCUT2D eigenvalue weighted by Gasteiger charge is -2.29. The van der Waals surface area contributed by atoms with Gasteiger partial charge < -0.3 is 18.3 Å². The molecule has 0 fully saturated rings. The number of aryl methyl sites for hydroxylation is 4. The van der Waals surface area contributed by atoms with E-state index in [1.54, 1.807) is 0 Å². The van der Waals surface area contributed by atoms with Gasteiger partial charge in [0.05, 0.1) is 66.9 Å². The summed E-state index contributed by atoms with van der Waals surface area (Å²) in [6.07, 6.45) is 3.76. The zero-order chi connectivity index (χ0) is 46.9. The molecule has 0 aliphatic rings. The molecule has 0 radical (unpaired) electrons. The van der Waals surface area contributed by atoms with E-state index in [9.17, 15) is 5.26 Å². The van der Waals surface area contributed by atoms with Gasteiger partial charge in [-0.05, 0) is 118 Å². The first kappa shape index (κ1) is 39.9. The molecule has 6 heteroatoms. The fourth-order valence-corrected chi connectivity index (χ4v) is 11.8. The SMILES string of the molecule is Cc1ccc2c(c1)c1ccccc1n2-c1c(C#N)c(-n2c3ccccc3c3cc(C)ccc32)c(-n2c3ccccc3c3cc(C)ccc32)c(-n2c3ccccc3c3cc(C)ccc32)c1-c1ccncc1. The van der Waals surface area contributed by atoms with Crippen LogP contribution in [0.4, 0.5) is 0 Å². The van der Waals surface area contributed by atoms with Crippen LogP contribution in [0.2, 0.25) is 0 Å². The first-order chi connectivity index (χ1) is 34.4. The maximum absolute atomic E-state index is 12.6. The molecule has 0 aliphatic heterocycles. The molecule has 5 aromatic heterocycles. The zero-order valence-corrected chi connectivity index (χ0v) is 39.2. The van der Waals surface area contributed by atoms with Crippen LogP contribution in [-0.2, 0) is 0 Å². The number of hydrogen-bond acceptors (Lipinski definition) is 2. The van der Waals surface area contributed by atoms with Gasteiger partial charge in [0.25, 0.3) is 0 Å². The standard InChI is InChI=1S/C64H44N6/c1-38-21-25-56-47(33-38)43-13-5-9-17-52(43)67(56)61-51(37-65)62(68-53-18-10-6-14-44(53)48-34-39(2)22-26-57(48)68)64(70-55-20-12-8-16-46(55)50-36-41(4)24-28-59(50)70)63(60(61)42-29-31-66-32-30-42)69-54-19-11-7-15-45(54)49-35-40(3)23-27-58(49)69/h5-36H,1-4H3. The van der Waals surface area contributed by atoms with Crippen LogP contribution in [0.1, 0.15) is 27.8 Å². The molecular formula is C64H44N6. The molecule has 0 unspecified atom stereocenters. The van der Waals surface area contributed by atoms with Crippen LogP contribution in [-0.4, -0.2) is 23.3 Å². The van der Waals surface area contributed by atoms with E-state index in [4.69, 9.17) is 0 Å². The fraction of sp³-hybridized carbons (Fsp3) is 0.0625. The maximum atomic E-state index is 12.6. The van der Waals surface area contributed by atoms with Gasteiger partial charge in [-0.2, -0.15) is 5.26 Å². The van der Waals surface area contributed by atoms with Crippen molar-refractivity contribution in [1.82, 2.24) is 23.3 Å². The van der Waals surface area contributed by atoms with Crippen LogP contribution in [0.15, 0.2) is 194 Å². The number of aromatic nitrogens is 5. The van der Waals surface area contributed by atoms with Crippen LogP contribution in [0.3, 0.4) is 0 Å². The molecule has 0 spiro atoms. The van der Waals surface area contributed by atoms with Crippen molar-refractivity contribution in [1.29, 1.82) is 5.26 Å². The Morgan fingerprint density at radius 1 is 0.329 bits per heavy atom. The quantitative estimate of drug-likeness (QED) is 0.173. The van der Waals surface area contributed by atoms with E-state index in [-0.39, 0.29) is 0 Å². The molecule has 9 aromatic carbocycles. The lowest BCUT2D eigenvalue weighted by atomic mass is 9.93. The Kier molecular flexibility index (Phi) is 8.51. The highest BCUT2D eigenvalue weighted by molar-refractivity contribution is 6.17. The minimum absolute atomic E-state index is 0.548. The number of fused-ring (bicyclic) bond motifs is 12. The van der Waals surface area contributed by atoms with Gasteiger partial charge in [-0.25, -0.2) is 0 Å². The minimum atomic E-state index is 0.548. The summed E-state index contributed by atoms with van der Waals surface area (Å²) >= 11 is 0. The Labute approximate surface area is 403 Å². The van der Waals surface area contributed by atoms with Gasteiger partial charge in [-0.15, -0.1) is 0 Å². The fourth-order valence-electron chi connectivity index (χ4n) is 11.8. The van der Waals surface area contributed by atoms with Crippen LogP contribution >= 0.6 is 0 Å². The van der Waals surface area contributed by atoms with Gasteiger partial charge in [0.2, 0.25) is 0 Å². The smallest absolute Gasteiger partial charge is 0.104 e. The third-order valence-electron chi connectivity index (χ3n) is 14.7. The molecule has 330 valence electrons. The predicted octanol–water partition coefficient (Wildman–Crippen LogP) is 16.2. The van der Waals surface area contributed by atoms with E-state index in [0.29, 0.717) is 5.56 Å².